The van der Waals surface area contributed by atoms with Crippen LogP contribution in [0.3, 0.4) is 0 Å². The predicted octanol–water partition coefficient (Wildman–Crippen LogP) is 2.67. The topological polar surface area (TPSA) is 47.3 Å². The number of rotatable bonds is 5. The summed E-state index contributed by atoms with van der Waals surface area (Å²) < 4.78 is 20.8. The van der Waals surface area contributed by atoms with Crippen molar-refractivity contribution >= 4 is 0 Å². The van der Waals surface area contributed by atoms with Gasteiger partial charge in [0.05, 0.1) is 6.10 Å². The molecule has 0 radical (unpaired) electrons. The van der Waals surface area contributed by atoms with Gasteiger partial charge in [-0.15, -0.1) is 0 Å². The fraction of sp³-hybridized carbons (Fsp3) is 0.357. The lowest BCUT2D eigenvalue weighted by Crippen LogP contribution is -2.07. The van der Waals surface area contributed by atoms with Crippen molar-refractivity contribution in [2.24, 2.45) is 0 Å². The van der Waals surface area contributed by atoms with E-state index in [4.69, 9.17) is 4.74 Å². The minimum atomic E-state index is -0.781. The molecule has 2 aromatic rings. The second-order valence-corrected chi connectivity index (χ2v) is 4.28. The minimum Gasteiger partial charge on any atom is -0.485 e. The smallest absolute Gasteiger partial charge is 0.146 e. The highest BCUT2D eigenvalue weighted by Crippen LogP contribution is 2.26. The van der Waals surface area contributed by atoms with Crippen molar-refractivity contribution in [2.45, 2.75) is 33.1 Å². The molecule has 102 valence electrons. The van der Waals surface area contributed by atoms with E-state index in [1.54, 1.807) is 13.1 Å². The first-order valence-corrected chi connectivity index (χ1v) is 6.22. The molecular formula is C14H17FN2O2. The molecule has 0 aliphatic heterocycles. The number of aromatic nitrogens is 2. The Balaban J connectivity index is 2.15. The molecule has 19 heavy (non-hydrogen) atoms. The van der Waals surface area contributed by atoms with E-state index in [0.717, 1.165) is 12.4 Å². The van der Waals surface area contributed by atoms with E-state index in [1.165, 1.54) is 18.2 Å². The summed E-state index contributed by atoms with van der Waals surface area (Å²) in [5.41, 5.74) is 0.439. The summed E-state index contributed by atoms with van der Waals surface area (Å²) in [6.07, 6.45) is 2.80. The molecule has 4 nitrogen and oxygen atoms in total. The van der Waals surface area contributed by atoms with Gasteiger partial charge in [0.25, 0.3) is 0 Å². The Kier molecular flexibility index (Phi) is 4.16. The molecule has 1 aromatic carbocycles. The molecule has 1 aromatic heterocycles. The fourth-order valence-corrected chi connectivity index (χ4v) is 1.89. The number of imidazole rings is 1. The van der Waals surface area contributed by atoms with Crippen molar-refractivity contribution in [3.8, 4) is 5.75 Å². The zero-order chi connectivity index (χ0) is 13.8. The van der Waals surface area contributed by atoms with Crippen LogP contribution in [0.4, 0.5) is 4.39 Å². The normalized spacial score (nSPS) is 12.4. The lowest BCUT2D eigenvalue weighted by atomic mass is 10.1. The van der Waals surface area contributed by atoms with Crippen molar-refractivity contribution in [1.82, 2.24) is 9.55 Å². The SMILES string of the molecule is CCn1ccnc1COc1ccc(F)cc1[C@@H](C)O. The van der Waals surface area contributed by atoms with Gasteiger partial charge in [0.2, 0.25) is 0 Å². The maximum Gasteiger partial charge on any atom is 0.146 e. The maximum absolute atomic E-state index is 13.2. The van der Waals surface area contributed by atoms with Gasteiger partial charge in [-0.3, -0.25) is 0 Å². The van der Waals surface area contributed by atoms with E-state index in [1.807, 2.05) is 17.7 Å². The molecule has 0 amide bonds. The molecule has 0 bridgehead atoms. The van der Waals surface area contributed by atoms with Gasteiger partial charge in [-0.05, 0) is 32.0 Å². The molecule has 0 fully saturated rings. The van der Waals surface area contributed by atoms with E-state index in [0.29, 0.717) is 11.3 Å². The first-order valence-electron chi connectivity index (χ1n) is 6.22. The van der Waals surface area contributed by atoms with Crippen LogP contribution in [-0.4, -0.2) is 14.7 Å². The number of ether oxygens (including phenoxy) is 1. The van der Waals surface area contributed by atoms with Gasteiger partial charge < -0.3 is 14.4 Å². The van der Waals surface area contributed by atoms with E-state index in [9.17, 15) is 9.50 Å². The number of hydrogen-bond acceptors (Lipinski definition) is 3. The largest absolute Gasteiger partial charge is 0.485 e. The summed E-state index contributed by atoms with van der Waals surface area (Å²) in [5.74, 6) is 0.878. The maximum atomic E-state index is 13.2. The predicted molar refractivity (Wildman–Crippen MR) is 69.3 cm³/mol. The van der Waals surface area contributed by atoms with Gasteiger partial charge in [-0.25, -0.2) is 9.37 Å². The highest BCUT2D eigenvalue weighted by molar-refractivity contribution is 5.35. The Bertz CT molecular complexity index is 552. The van der Waals surface area contributed by atoms with Crippen LogP contribution in [0.2, 0.25) is 0 Å². The molecule has 0 aliphatic rings. The number of aryl methyl sites for hydroxylation is 1. The van der Waals surface area contributed by atoms with Crippen LogP contribution in [0.15, 0.2) is 30.6 Å². The number of benzene rings is 1. The Hall–Kier alpha value is -1.88. The third-order valence-corrected chi connectivity index (χ3v) is 2.92. The summed E-state index contributed by atoms with van der Waals surface area (Å²) >= 11 is 0. The molecule has 1 N–H and O–H groups in total. The average molecular weight is 264 g/mol. The second-order valence-electron chi connectivity index (χ2n) is 4.28. The molecule has 1 atom stereocenters. The molecule has 0 saturated heterocycles. The summed E-state index contributed by atoms with van der Waals surface area (Å²) in [5, 5.41) is 9.62. The quantitative estimate of drug-likeness (QED) is 0.903. The molecule has 5 heteroatoms. The zero-order valence-corrected chi connectivity index (χ0v) is 11.0. The standard InChI is InChI=1S/C14H17FN2O2/c1-3-17-7-6-16-14(17)9-19-13-5-4-11(15)8-12(13)10(2)18/h4-8,10,18H,3,9H2,1-2H3/t10-/m1/s1. The van der Waals surface area contributed by atoms with Crippen LogP contribution in [-0.2, 0) is 13.2 Å². The number of nitrogens with zero attached hydrogens (tertiary/aromatic N) is 2. The number of aliphatic hydroxyl groups is 1. The van der Waals surface area contributed by atoms with Crippen LogP contribution in [0.25, 0.3) is 0 Å². The van der Waals surface area contributed by atoms with Crippen molar-refractivity contribution in [3.05, 3.63) is 47.8 Å². The molecule has 0 aliphatic carbocycles. The van der Waals surface area contributed by atoms with Gasteiger partial charge in [0.15, 0.2) is 0 Å². The first-order chi connectivity index (χ1) is 9.11. The van der Waals surface area contributed by atoms with Crippen molar-refractivity contribution in [3.63, 3.8) is 0 Å². The molecule has 0 unspecified atom stereocenters. The van der Waals surface area contributed by atoms with Crippen molar-refractivity contribution in [2.75, 3.05) is 0 Å². The average Bonchev–Trinajstić information content (AvgIpc) is 2.84. The van der Waals surface area contributed by atoms with Crippen LogP contribution in [0.1, 0.15) is 31.3 Å². The van der Waals surface area contributed by atoms with E-state index >= 15 is 0 Å². The van der Waals surface area contributed by atoms with Crippen LogP contribution in [0.5, 0.6) is 5.75 Å². The highest BCUT2D eigenvalue weighted by Gasteiger charge is 2.11. The molecular weight excluding hydrogens is 247 g/mol. The number of halogens is 1. The van der Waals surface area contributed by atoms with E-state index in [2.05, 4.69) is 4.98 Å². The van der Waals surface area contributed by atoms with Gasteiger partial charge in [0.1, 0.15) is 24.0 Å². The summed E-state index contributed by atoms with van der Waals surface area (Å²) in [6.45, 7) is 4.69. The van der Waals surface area contributed by atoms with Gasteiger partial charge >= 0.3 is 0 Å². The molecule has 0 saturated carbocycles. The fourth-order valence-electron chi connectivity index (χ4n) is 1.89. The van der Waals surface area contributed by atoms with Crippen LogP contribution < -0.4 is 4.74 Å². The Labute approximate surface area is 111 Å². The zero-order valence-electron chi connectivity index (χ0n) is 11.0. The van der Waals surface area contributed by atoms with Crippen molar-refractivity contribution in [1.29, 1.82) is 0 Å². The summed E-state index contributed by atoms with van der Waals surface area (Å²) in [6, 6.07) is 4.12. The van der Waals surface area contributed by atoms with Crippen LogP contribution >= 0.6 is 0 Å². The monoisotopic (exact) mass is 264 g/mol. The van der Waals surface area contributed by atoms with E-state index in [-0.39, 0.29) is 6.61 Å². The Morgan fingerprint density at radius 1 is 1.47 bits per heavy atom. The van der Waals surface area contributed by atoms with Gasteiger partial charge in [-0.1, -0.05) is 0 Å². The van der Waals surface area contributed by atoms with Crippen molar-refractivity contribution < 1.29 is 14.2 Å². The lowest BCUT2D eigenvalue weighted by molar-refractivity contribution is 0.188. The number of hydrogen-bond donors (Lipinski definition) is 1. The third kappa shape index (κ3) is 3.12. The van der Waals surface area contributed by atoms with E-state index < -0.39 is 11.9 Å². The Morgan fingerprint density at radius 2 is 2.26 bits per heavy atom. The van der Waals surface area contributed by atoms with Gasteiger partial charge in [0, 0.05) is 24.5 Å². The highest BCUT2D eigenvalue weighted by atomic mass is 19.1. The third-order valence-electron chi connectivity index (χ3n) is 2.92. The number of aliphatic hydroxyl groups excluding tert-OH is 1. The molecule has 1 heterocycles. The Morgan fingerprint density at radius 3 is 2.95 bits per heavy atom. The minimum absolute atomic E-state index is 0.284. The molecule has 0 spiro atoms. The van der Waals surface area contributed by atoms with Gasteiger partial charge in [-0.2, -0.15) is 0 Å². The first kappa shape index (κ1) is 13.5. The summed E-state index contributed by atoms with van der Waals surface area (Å²) in [4.78, 5) is 4.20. The summed E-state index contributed by atoms with van der Waals surface area (Å²) in [7, 11) is 0. The molecule has 2 rings (SSSR count). The van der Waals surface area contributed by atoms with Crippen LogP contribution in [0, 0.1) is 5.82 Å². The lowest BCUT2D eigenvalue weighted by Gasteiger charge is -2.13. The second kappa shape index (κ2) is 5.84.